The predicted octanol–water partition coefficient (Wildman–Crippen LogP) is 2.66. The molecule has 0 unspecified atom stereocenters. The summed E-state index contributed by atoms with van der Waals surface area (Å²) in [7, 11) is 5.65. The van der Waals surface area contributed by atoms with Gasteiger partial charge in [-0.1, -0.05) is 24.3 Å². The topological polar surface area (TPSA) is 50.3 Å². The van der Waals surface area contributed by atoms with Crippen molar-refractivity contribution < 1.29 is 9.49 Å². The van der Waals surface area contributed by atoms with E-state index < -0.39 is 0 Å². The summed E-state index contributed by atoms with van der Waals surface area (Å²) in [5.74, 6) is 0.0695. The minimum atomic E-state index is -0.386. The molecule has 5 heteroatoms. The Morgan fingerprint density at radius 3 is 2.29 bits per heavy atom. The van der Waals surface area contributed by atoms with Gasteiger partial charge in [-0.25, -0.2) is 0 Å². The average Bonchev–Trinajstić information content (AvgIpc) is 2.46. The van der Waals surface area contributed by atoms with Crippen LogP contribution in [0.5, 0.6) is 0 Å². The zero-order valence-corrected chi connectivity index (χ0v) is 12.4. The van der Waals surface area contributed by atoms with Gasteiger partial charge in [-0.3, -0.25) is 10.1 Å². The summed E-state index contributed by atoms with van der Waals surface area (Å²) in [6.45, 7) is 0. The molecule has 0 spiro atoms. The Morgan fingerprint density at radius 2 is 1.71 bits per heavy atom. The second kappa shape index (κ2) is 6.17. The fourth-order valence-electron chi connectivity index (χ4n) is 1.93. The number of aromatic nitrogens is 1. The summed E-state index contributed by atoms with van der Waals surface area (Å²) in [6, 6.07) is 11.5. The number of rotatable bonds is 4. The van der Waals surface area contributed by atoms with Gasteiger partial charge in [-0.15, -0.1) is 4.57 Å². The summed E-state index contributed by atoms with van der Waals surface area (Å²) in [5.41, 5.74) is 2.99. The third-order valence-corrected chi connectivity index (χ3v) is 3.21. The van der Waals surface area contributed by atoms with E-state index in [1.54, 1.807) is 19.3 Å². The Balaban J connectivity index is 2.21. The number of pyridine rings is 1. The summed E-state index contributed by atoms with van der Waals surface area (Å²) in [5, 5.41) is 10.9. The first-order valence-corrected chi connectivity index (χ1v) is 6.57. The van der Waals surface area contributed by atoms with Gasteiger partial charge in [0.15, 0.2) is 6.20 Å². The van der Waals surface area contributed by atoms with Gasteiger partial charge in [0, 0.05) is 25.8 Å². The first-order chi connectivity index (χ1) is 9.97. The molecular formula is C16H18N3O2+. The number of benzene rings is 1. The Kier molecular flexibility index (Phi) is 4.33. The lowest BCUT2D eigenvalue weighted by molar-refractivity contribution is -0.715. The average molecular weight is 284 g/mol. The van der Waals surface area contributed by atoms with Crippen LogP contribution in [0.2, 0.25) is 0 Å². The van der Waals surface area contributed by atoms with E-state index in [2.05, 4.69) is 0 Å². The summed E-state index contributed by atoms with van der Waals surface area (Å²) >= 11 is 0. The maximum Gasteiger partial charge on any atom is 0.501 e. The molecule has 1 aromatic heterocycles. The molecule has 2 rings (SSSR count). The van der Waals surface area contributed by atoms with E-state index in [9.17, 15) is 10.1 Å². The van der Waals surface area contributed by atoms with Gasteiger partial charge in [0.1, 0.15) is 12.0 Å². The molecule has 21 heavy (non-hydrogen) atoms. The molecular weight excluding hydrogens is 266 g/mol. The normalized spacial score (nSPS) is 10.8. The van der Waals surface area contributed by atoms with Gasteiger partial charge in [0.25, 0.3) is 0 Å². The van der Waals surface area contributed by atoms with Crippen molar-refractivity contribution in [2.24, 2.45) is 7.05 Å². The van der Waals surface area contributed by atoms with Crippen LogP contribution in [-0.4, -0.2) is 19.0 Å². The maximum absolute atomic E-state index is 10.9. The largest absolute Gasteiger partial charge is 0.501 e. The quantitative estimate of drug-likeness (QED) is 0.493. The van der Waals surface area contributed by atoms with Gasteiger partial charge in [-0.05, 0) is 23.3 Å². The lowest BCUT2D eigenvalue weighted by Crippen LogP contribution is -2.30. The second-order valence-electron chi connectivity index (χ2n) is 5.01. The van der Waals surface area contributed by atoms with E-state index in [-0.39, 0.29) is 10.7 Å². The van der Waals surface area contributed by atoms with Crippen LogP contribution < -0.4 is 9.47 Å². The number of hydrogen-bond donors (Lipinski definition) is 0. The van der Waals surface area contributed by atoms with Crippen molar-refractivity contribution in [2.75, 3.05) is 19.0 Å². The van der Waals surface area contributed by atoms with Crippen molar-refractivity contribution in [1.29, 1.82) is 0 Å². The van der Waals surface area contributed by atoms with E-state index in [1.807, 2.05) is 61.5 Å². The van der Waals surface area contributed by atoms with Crippen LogP contribution >= 0.6 is 0 Å². The lowest BCUT2D eigenvalue weighted by Gasteiger charge is -2.11. The predicted molar refractivity (Wildman–Crippen MR) is 84.0 cm³/mol. The molecule has 0 N–H and O–H groups in total. The maximum atomic E-state index is 10.9. The van der Waals surface area contributed by atoms with Gasteiger partial charge in [0.2, 0.25) is 0 Å². The van der Waals surface area contributed by atoms with Gasteiger partial charge in [-0.2, -0.15) is 0 Å². The van der Waals surface area contributed by atoms with Crippen molar-refractivity contribution >= 4 is 23.7 Å². The van der Waals surface area contributed by atoms with Crippen molar-refractivity contribution in [3.63, 3.8) is 0 Å². The van der Waals surface area contributed by atoms with Crippen LogP contribution in [-0.2, 0) is 7.05 Å². The highest BCUT2D eigenvalue weighted by Gasteiger charge is 2.18. The van der Waals surface area contributed by atoms with Crippen molar-refractivity contribution in [3.05, 3.63) is 63.8 Å². The highest BCUT2D eigenvalue weighted by atomic mass is 16.6. The van der Waals surface area contributed by atoms with Crippen LogP contribution in [0.25, 0.3) is 12.2 Å². The molecule has 0 saturated carbocycles. The van der Waals surface area contributed by atoms with Crippen LogP contribution in [0.1, 0.15) is 11.1 Å². The standard InChI is InChI=1S/C16H18N3O2/c1-17(2)15-8-6-13(7-9-15)4-5-14-10-11-18(3)16(12-14)19(20)21/h4-12H,1-3H3/q+1. The smallest absolute Gasteiger partial charge is 0.378 e. The number of anilines is 1. The van der Waals surface area contributed by atoms with Crippen LogP contribution in [0, 0.1) is 10.1 Å². The van der Waals surface area contributed by atoms with Gasteiger partial charge in [0.05, 0.1) is 6.07 Å². The highest BCUT2D eigenvalue weighted by Crippen LogP contribution is 2.15. The molecule has 0 saturated heterocycles. The Labute approximate surface area is 123 Å². The number of nitrogens with zero attached hydrogens (tertiary/aromatic N) is 3. The SMILES string of the molecule is CN(C)c1ccc(/C=C/c2cc[n+](C)c([N+](=O)[O-])c2)cc1. The summed E-state index contributed by atoms with van der Waals surface area (Å²) in [6.07, 6.45) is 5.50. The van der Waals surface area contributed by atoms with Crippen molar-refractivity contribution in [3.8, 4) is 0 Å². The van der Waals surface area contributed by atoms with Crippen molar-refractivity contribution in [1.82, 2.24) is 0 Å². The molecule has 108 valence electrons. The monoisotopic (exact) mass is 284 g/mol. The highest BCUT2D eigenvalue weighted by molar-refractivity contribution is 5.70. The fraction of sp³-hybridized carbons (Fsp3) is 0.188. The molecule has 0 amide bonds. The summed E-state index contributed by atoms with van der Waals surface area (Å²) < 4.78 is 1.49. The molecule has 0 aliphatic rings. The first-order valence-electron chi connectivity index (χ1n) is 6.57. The van der Waals surface area contributed by atoms with E-state index in [0.29, 0.717) is 0 Å². The van der Waals surface area contributed by atoms with Crippen LogP contribution in [0.4, 0.5) is 11.5 Å². The van der Waals surface area contributed by atoms with Crippen LogP contribution in [0.15, 0.2) is 42.6 Å². The molecule has 0 fully saturated rings. The Morgan fingerprint density at radius 1 is 1.10 bits per heavy atom. The van der Waals surface area contributed by atoms with E-state index >= 15 is 0 Å². The number of nitro groups is 1. The third kappa shape index (κ3) is 3.66. The van der Waals surface area contributed by atoms with E-state index in [0.717, 1.165) is 16.8 Å². The summed E-state index contributed by atoms with van der Waals surface area (Å²) in [4.78, 5) is 12.6. The Bertz CT molecular complexity index is 676. The molecule has 0 radical (unpaired) electrons. The minimum Gasteiger partial charge on any atom is -0.378 e. The van der Waals surface area contributed by atoms with E-state index in [4.69, 9.17) is 0 Å². The molecule has 0 aliphatic carbocycles. The molecule has 1 aromatic carbocycles. The van der Waals surface area contributed by atoms with Crippen molar-refractivity contribution in [2.45, 2.75) is 0 Å². The number of hydrogen-bond acceptors (Lipinski definition) is 3. The van der Waals surface area contributed by atoms with Gasteiger partial charge < -0.3 is 4.90 Å². The van der Waals surface area contributed by atoms with Crippen LogP contribution in [0.3, 0.4) is 0 Å². The van der Waals surface area contributed by atoms with E-state index in [1.165, 1.54) is 4.57 Å². The molecule has 2 aromatic rings. The van der Waals surface area contributed by atoms with Gasteiger partial charge >= 0.3 is 5.82 Å². The molecule has 5 nitrogen and oxygen atoms in total. The second-order valence-corrected chi connectivity index (χ2v) is 5.01. The zero-order chi connectivity index (χ0) is 15.4. The lowest BCUT2D eigenvalue weighted by atomic mass is 10.1. The molecule has 1 heterocycles. The molecule has 0 aliphatic heterocycles. The third-order valence-electron chi connectivity index (χ3n) is 3.21. The first kappa shape index (κ1) is 14.7. The molecule has 0 atom stereocenters. The molecule has 0 bridgehead atoms. The Hall–Kier alpha value is -2.69. The minimum absolute atomic E-state index is 0.0695. The fourth-order valence-corrected chi connectivity index (χ4v) is 1.93. The number of aryl methyl sites for hydroxylation is 1. The zero-order valence-electron chi connectivity index (χ0n) is 12.4.